The molecule has 0 amide bonds. The van der Waals surface area contributed by atoms with E-state index < -0.39 is 0 Å². The molecule has 0 unspecified atom stereocenters. The van der Waals surface area contributed by atoms with Gasteiger partial charge in [-0.25, -0.2) is 15.0 Å². The highest BCUT2D eigenvalue weighted by molar-refractivity contribution is 6.08. The summed E-state index contributed by atoms with van der Waals surface area (Å²) < 4.78 is 6.60. The first-order valence-electron chi connectivity index (χ1n) is 16.9. The normalized spacial score (nSPS) is 14.4. The van der Waals surface area contributed by atoms with Crippen molar-refractivity contribution in [3.05, 3.63) is 151 Å². The van der Waals surface area contributed by atoms with Crippen LogP contribution in [-0.2, 0) is 10.8 Å². The summed E-state index contributed by atoms with van der Waals surface area (Å²) in [7, 11) is 0. The Hall–Kier alpha value is -5.87. The van der Waals surface area contributed by atoms with Gasteiger partial charge in [0.15, 0.2) is 17.5 Å². The largest absolute Gasteiger partial charge is 0.456 e. The molecule has 0 aliphatic heterocycles. The number of nitrogens with zero attached hydrogens (tertiary/aromatic N) is 3. The maximum Gasteiger partial charge on any atom is 0.164 e. The van der Waals surface area contributed by atoms with E-state index in [9.17, 15) is 0 Å². The number of aromatic nitrogens is 3. The predicted octanol–water partition coefficient (Wildman–Crippen LogP) is 11.7. The van der Waals surface area contributed by atoms with Crippen LogP contribution in [0.3, 0.4) is 0 Å². The second-order valence-electron chi connectivity index (χ2n) is 14.1. The molecule has 0 saturated heterocycles. The second-order valence-corrected chi connectivity index (χ2v) is 14.1. The summed E-state index contributed by atoms with van der Waals surface area (Å²) in [5.41, 5.74) is 11.8. The molecule has 9 rings (SSSR count). The van der Waals surface area contributed by atoms with E-state index >= 15 is 0 Å². The van der Waals surface area contributed by atoms with Gasteiger partial charge in [-0.1, -0.05) is 143 Å². The van der Waals surface area contributed by atoms with Gasteiger partial charge in [0.2, 0.25) is 0 Å². The van der Waals surface area contributed by atoms with Crippen molar-refractivity contribution in [2.75, 3.05) is 0 Å². The lowest BCUT2D eigenvalue weighted by Crippen LogP contribution is -2.43. The molecule has 1 aliphatic rings. The third kappa shape index (κ3) is 4.55. The van der Waals surface area contributed by atoms with Crippen LogP contribution in [0.25, 0.3) is 78.4 Å². The molecule has 6 aromatic carbocycles. The summed E-state index contributed by atoms with van der Waals surface area (Å²) in [6.45, 7) is 9.48. The molecular formula is C45H35N3O. The maximum atomic E-state index is 6.60. The lowest BCUT2D eigenvalue weighted by atomic mass is 9.55. The van der Waals surface area contributed by atoms with E-state index in [1.54, 1.807) is 0 Å². The molecular weight excluding hydrogens is 599 g/mol. The van der Waals surface area contributed by atoms with Crippen molar-refractivity contribution in [2.45, 2.75) is 38.5 Å². The lowest BCUT2D eigenvalue weighted by molar-refractivity contribution is 0.299. The third-order valence-corrected chi connectivity index (χ3v) is 10.9. The topological polar surface area (TPSA) is 51.8 Å². The van der Waals surface area contributed by atoms with Gasteiger partial charge < -0.3 is 4.42 Å². The Morgan fingerprint density at radius 2 is 0.980 bits per heavy atom. The molecule has 0 radical (unpaired) electrons. The molecule has 0 N–H and O–H groups in total. The summed E-state index contributed by atoms with van der Waals surface area (Å²) >= 11 is 0. The van der Waals surface area contributed by atoms with E-state index in [0.29, 0.717) is 17.5 Å². The van der Waals surface area contributed by atoms with Gasteiger partial charge in [0, 0.05) is 38.4 Å². The summed E-state index contributed by atoms with van der Waals surface area (Å²) in [5, 5.41) is 2.35. The molecule has 0 bridgehead atoms. The minimum Gasteiger partial charge on any atom is -0.456 e. The van der Waals surface area contributed by atoms with E-state index in [2.05, 4.69) is 100 Å². The first-order valence-corrected chi connectivity index (χ1v) is 16.9. The Labute approximate surface area is 286 Å². The van der Waals surface area contributed by atoms with Gasteiger partial charge in [-0.2, -0.15) is 0 Å². The monoisotopic (exact) mass is 633 g/mol. The summed E-state index contributed by atoms with van der Waals surface area (Å²) in [4.78, 5) is 14.8. The number of fused-ring (bicyclic) bond motifs is 7. The van der Waals surface area contributed by atoms with Gasteiger partial charge in [-0.15, -0.1) is 0 Å². The van der Waals surface area contributed by atoms with Crippen molar-refractivity contribution < 1.29 is 4.42 Å². The average molecular weight is 634 g/mol. The van der Waals surface area contributed by atoms with Crippen molar-refractivity contribution in [1.82, 2.24) is 15.0 Å². The molecule has 0 spiro atoms. The molecule has 236 valence electrons. The standard InChI is InChI=1S/C45H35N3O/c1-44(2)37-27-31(22-23-33(37)35-24-25-36-34-20-11-12-21-38(34)49-40(36)39(35)45(44,3)4)30-18-13-19-32(26-30)43-47-41(28-14-7-5-8-15-28)46-42(48-43)29-16-9-6-10-17-29/h5-27H,1-4H3. The van der Waals surface area contributed by atoms with E-state index in [1.807, 2.05) is 66.7 Å². The summed E-state index contributed by atoms with van der Waals surface area (Å²) in [6, 6.07) is 48.6. The Bertz CT molecular complexity index is 2490. The van der Waals surface area contributed by atoms with Crippen LogP contribution in [0.5, 0.6) is 0 Å². The molecule has 49 heavy (non-hydrogen) atoms. The van der Waals surface area contributed by atoms with E-state index in [-0.39, 0.29) is 10.8 Å². The van der Waals surface area contributed by atoms with E-state index in [4.69, 9.17) is 19.4 Å². The quantitative estimate of drug-likeness (QED) is 0.193. The number of hydrogen-bond acceptors (Lipinski definition) is 4. The van der Waals surface area contributed by atoms with E-state index in [0.717, 1.165) is 33.4 Å². The smallest absolute Gasteiger partial charge is 0.164 e. The fourth-order valence-corrected chi connectivity index (χ4v) is 7.53. The van der Waals surface area contributed by atoms with Gasteiger partial charge >= 0.3 is 0 Å². The molecule has 2 aromatic heterocycles. The SMILES string of the molecule is CC1(C)c2cc(-c3cccc(-c4nc(-c5ccccc5)nc(-c5ccccc5)n4)c3)ccc2-c2ccc3c(oc4ccccc43)c2C1(C)C. The Kier molecular flexibility index (Phi) is 6.47. The second kappa shape index (κ2) is 10.8. The molecule has 0 fully saturated rings. The van der Waals surface area contributed by atoms with Crippen LogP contribution in [0.15, 0.2) is 144 Å². The van der Waals surface area contributed by atoms with Gasteiger partial charge in [0.1, 0.15) is 11.2 Å². The van der Waals surface area contributed by atoms with Crippen molar-refractivity contribution in [2.24, 2.45) is 0 Å². The van der Waals surface area contributed by atoms with Crippen LogP contribution < -0.4 is 0 Å². The zero-order chi connectivity index (χ0) is 33.3. The van der Waals surface area contributed by atoms with Crippen LogP contribution in [-0.4, -0.2) is 15.0 Å². The third-order valence-electron chi connectivity index (χ3n) is 10.9. The highest BCUT2D eigenvalue weighted by atomic mass is 16.3. The average Bonchev–Trinajstić information content (AvgIpc) is 3.53. The van der Waals surface area contributed by atoms with Crippen LogP contribution in [0.1, 0.15) is 38.8 Å². The number of rotatable bonds is 4. The molecule has 1 aliphatic carbocycles. The van der Waals surface area contributed by atoms with Crippen molar-refractivity contribution in [1.29, 1.82) is 0 Å². The molecule has 2 heterocycles. The van der Waals surface area contributed by atoms with Crippen LogP contribution in [0.4, 0.5) is 0 Å². The first-order chi connectivity index (χ1) is 23.8. The van der Waals surface area contributed by atoms with Crippen LogP contribution >= 0.6 is 0 Å². The molecule has 0 atom stereocenters. The van der Waals surface area contributed by atoms with Gasteiger partial charge in [0.05, 0.1) is 0 Å². The molecule has 4 heteroatoms. The number of hydrogen-bond donors (Lipinski definition) is 0. The minimum absolute atomic E-state index is 0.181. The molecule has 0 saturated carbocycles. The Morgan fingerprint density at radius 3 is 1.67 bits per heavy atom. The molecule has 8 aromatic rings. The van der Waals surface area contributed by atoms with Gasteiger partial charge in [-0.05, 0) is 57.5 Å². The number of furan rings is 1. The number of para-hydroxylation sites is 1. The van der Waals surface area contributed by atoms with Crippen LogP contribution in [0, 0.1) is 0 Å². The summed E-state index contributed by atoms with van der Waals surface area (Å²) in [5.74, 6) is 1.97. The Morgan fingerprint density at radius 1 is 0.429 bits per heavy atom. The van der Waals surface area contributed by atoms with Crippen molar-refractivity contribution >= 4 is 21.9 Å². The zero-order valence-corrected chi connectivity index (χ0v) is 28.0. The fraction of sp³-hybridized carbons (Fsp3) is 0.133. The Balaban J connectivity index is 1.18. The number of benzene rings is 6. The van der Waals surface area contributed by atoms with Gasteiger partial charge in [0.25, 0.3) is 0 Å². The van der Waals surface area contributed by atoms with Crippen molar-refractivity contribution in [3.8, 4) is 56.4 Å². The maximum absolute atomic E-state index is 6.60. The predicted molar refractivity (Wildman–Crippen MR) is 200 cm³/mol. The fourth-order valence-electron chi connectivity index (χ4n) is 7.53. The minimum atomic E-state index is -0.199. The highest BCUT2D eigenvalue weighted by Gasteiger charge is 2.47. The lowest BCUT2D eigenvalue weighted by Gasteiger charge is -2.48. The zero-order valence-electron chi connectivity index (χ0n) is 28.0. The van der Waals surface area contributed by atoms with Crippen molar-refractivity contribution in [3.63, 3.8) is 0 Å². The van der Waals surface area contributed by atoms with E-state index in [1.165, 1.54) is 38.6 Å². The molecule has 4 nitrogen and oxygen atoms in total. The van der Waals surface area contributed by atoms with Crippen LogP contribution in [0.2, 0.25) is 0 Å². The summed E-state index contributed by atoms with van der Waals surface area (Å²) in [6.07, 6.45) is 0. The highest BCUT2D eigenvalue weighted by Crippen LogP contribution is 2.56. The van der Waals surface area contributed by atoms with Gasteiger partial charge in [-0.3, -0.25) is 0 Å². The first kappa shape index (κ1) is 29.3.